The lowest BCUT2D eigenvalue weighted by molar-refractivity contribution is -0.118. The zero-order valence-electron chi connectivity index (χ0n) is 11.9. The number of hydrogen-bond donors (Lipinski definition) is 3. The monoisotopic (exact) mass is 287 g/mol. The maximum Gasteiger partial charge on any atom is 0.262 e. The molecule has 0 radical (unpaired) electrons. The fraction of sp³-hybridized carbons (Fsp3) is 0.286. The summed E-state index contributed by atoms with van der Waals surface area (Å²) >= 11 is 0. The Morgan fingerprint density at radius 1 is 1.48 bits per heavy atom. The van der Waals surface area contributed by atoms with Crippen LogP contribution in [0.25, 0.3) is 0 Å². The zero-order chi connectivity index (χ0) is 15.0. The van der Waals surface area contributed by atoms with Crippen molar-refractivity contribution in [1.29, 1.82) is 0 Å². The van der Waals surface area contributed by atoms with Gasteiger partial charge in [-0.2, -0.15) is 5.10 Å². The maximum atomic E-state index is 11.4. The molecule has 4 N–H and O–H groups in total. The number of aryl methyl sites for hydroxylation is 2. The van der Waals surface area contributed by atoms with Crippen molar-refractivity contribution >= 4 is 28.7 Å². The topological polar surface area (TPSA) is 94.2 Å². The van der Waals surface area contributed by atoms with Crippen LogP contribution >= 0.6 is 0 Å². The van der Waals surface area contributed by atoms with E-state index in [4.69, 9.17) is 10.5 Å². The Morgan fingerprint density at radius 2 is 2.29 bits per heavy atom. The predicted molar refractivity (Wildman–Crippen MR) is 80.8 cm³/mol. The Morgan fingerprint density at radius 3 is 3.05 bits per heavy atom. The molecule has 0 bridgehead atoms. The van der Waals surface area contributed by atoms with Gasteiger partial charge in [0.25, 0.3) is 5.91 Å². The molecule has 7 nitrogen and oxygen atoms in total. The summed E-state index contributed by atoms with van der Waals surface area (Å²) < 4.78 is 7.09. The van der Waals surface area contributed by atoms with Gasteiger partial charge in [-0.3, -0.25) is 9.48 Å². The van der Waals surface area contributed by atoms with E-state index in [-0.39, 0.29) is 12.5 Å². The summed E-state index contributed by atoms with van der Waals surface area (Å²) in [7, 11) is 1.87. The number of carbonyl (C=O) groups excluding carboxylic acids is 1. The minimum absolute atomic E-state index is 0.0157. The molecule has 2 aromatic rings. The highest BCUT2D eigenvalue weighted by Gasteiger charge is 2.18. The first-order valence-corrected chi connectivity index (χ1v) is 6.72. The Hall–Kier alpha value is -2.70. The molecule has 0 fully saturated rings. The summed E-state index contributed by atoms with van der Waals surface area (Å²) in [4.78, 5) is 11.4. The molecule has 0 saturated carbocycles. The number of amides is 1. The molecular formula is C14H17N5O2. The molecular weight excluding hydrogens is 270 g/mol. The van der Waals surface area contributed by atoms with Crippen LogP contribution in [-0.2, 0) is 18.3 Å². The molecule has 0 aliphatic carbocycles. The van der Waals surface area contributed by atoms with E-state index >= 15 is 0 Å². The van der Waals surface area contributed by atoms with Crippen LogP contribution in [0.3, 0.4) is 0 Å². The molecule has 0 unspecified atom stereocenters. The van der Waals surface area contributed by atoms with Crippen molar-refractivity contribution in [2.75, 3.05) is 23.0 Å². The third-order valence-corrected chi connectivity index (χ3v) is 3.29. The van der Waals surface area contributed by atoms with E-state index in [2.05, 4.69) is 15.7 Å². The molecule has 3 rings (SSSR count). The van der Waals surface area contributed by atoms with Crippen molar-refractivity contribution in [3.05, 3.63) is 24.0 Å². The van der Waals surface area contributed by atoms with Gasteiger partial charge in [0.05, 0.1) is 28.4 Å². The van der Waals surface area contributed by atoms with Crippen molar-refractivity contribution in [3.8, 4) is 5.75 Å². The number of nitrogen functional groups attached to an aromatic ring is 1. The van der Waals surface area contributed by atoms with Crippen LogP contribution in [-0.4, -0.2) is 22.3 Å². The first kappa shape index (κ1) is 13.3. The average Bonchev–Trinajstić information content (AvgIpc) is 2.80. The van der Waals surface area contributed by atoms with Crippen LogP contribution in [0.2, 0.25) is 0 Å². The van der Waals surface area contributed by atoms with E-state index in [0.29, 0.717) is 22.8 Å². The van der Waals surface area contributed by atoms with Gasteiger partial charge >= 0.3 is 0 Å². The highest BCUT2D eigenvalue weighted by Crippen LogP contribution is 2.36. The Balaban J connectivity index is 1.95. The van der Waals surface area contributed by atoms with Crippen LogP contribution in [0.5, 0.6) is 5.75 Å². The second-order valence-electron chi connectivity index (χ2n) is 4.91. The second-order valence-corrected chi connectivity index (χ2v) is 4.91. The fourth-order valence-electron chi connectivity index (χ4n) is 2.30. The van der Waals surface area contributed by atoms with Gasteiger partial charge in [-0.25, -0.2) is 0 Å². The standard InChI is InChI=1S/C14H17N5O2/c1-3-9-12(6-19(2)18-9)16-10-5-11-13(4-8(10)15)21-7-14(20)17-11/h4-6,16H,3,7,15H2,1-2H3,(H,17,20). The number of nitrogens with zero attached hydrogens (tertiary/aromatic N) is 2. The number of fused-ring (bicyclic) bond motifs is 1. The van der Waals surface area contributed by atoms with Gasteiger partial charge in [-0.05, 0) is 12.5 Å². The van der Waals surface area contributed by atoms with Crippen LogP contribution < -0.4 is 21.1 Å². The number of benzene rings is 1. The van der Waals surface area contributed by atoms with Gasteiger partial charge in [0.1, 0.15) is 5.75 Å². The smallest absolute Gasteiger partial charge is 0.262 e. The van der Waals surface area contributed by atoms with Gasteiger partial charge in [0.15, 0.2) is 6.61 Å². The van der Waals surface area contributed by atoms with Crippen LogP contribution in [0.4, 0.5) is 22.7 Å². The third kappa shape index (κ3) is 2.49. The third-order valence-electron chi connectivity index (χ3n) is 3.29. The van der Waals surface area contributed by atoms with E-state index < -0.39 is 0 Å². The maximum absolute atomic E-state index is 11.4. The van der Waals surface area contributed by atoms with Crippen molar-refractivity contribution in [2.24, 2.45) is 7.05 Å². The second kappa shape index (κ2) is 5.01. The van der Waals surface area contributed by atoms with Crippen LogP contribution in [0.1, 0.15) is 12.6 Å². The van der Waals surface area contributed by atoms with E-state index in [0.717, 1.165) is 17.8 Å². The molecule has 0 atom stereocenters. The molecule has 110 valence electrons. The van der Waals surface area contributed by atoms with Crippen molar-refractivity contribution in [1.82, 2.24) is 9.78 Å². The number of nitrogens with one attached hydrogen (secondary N) is 2. The van der Waals surface area contributed by atoms with Gasteiger partial charge in [-0.1, -0.05) is 6.92 Å². The Labute approximate surface area is 122 Å². The molecule has 21 heavy (non-hydrogen) atoms. The molecule has 0 saturated heterocycles. The number of rotatable bonds is 3. The number of ether oxygens (including phenoxy) is 1. The highest BCUT2D eigenvalue weighted by atomic mass is 16.5. The summed E-state index contributed by atoms with van der Waals surface area (Å²) in [5, 5.41) is 10.4. The number of nitrogens with two attached hydrogens (primary N) is 1. The molecule has 2 heterocycles. The van der Waals surface area contributed by atoms with Crippen LogP contribution in [0, 0.1) is 0 Å². The minimum Gasteiger partial charge on any atom is -0.482 e. The number of anilines is 4. The van der Waals surface area contributed by atoms with E-state index in [1.807, 2.05) is 20.2 Å². The average molecular weight is 287 g/mol. The zero-order valence-corrected chi connectivity index (χ0v) is 11.9. The van der Waals surface area contributed by atoms with Gasteiger partial charge < -0.3 is 21.1 Å². The number of hydrogen-bond acceptors (Lipinski definition) is 5. The van der Waals surface area contributed by atoms with E-state index in [1.165, 1.54) is 0 Å². The normalized spacial score (nSPS) is 13.3. The van der Waals surface area contributed by atoms with Crippen molar-refractivity contribution < 1.29 is 9.53 Å². The quantitative estimate of drug-likeness (QED) is 0.746. The fourth-order valence-corrected chi connectivity index (χ4v) is 2.30. The summed E-state index contributed by atoms with van der Waals surface area (Å²) in [6, 6.07) is 3.48. The number of aromatic nitrogens is 2. The van der Waals surface area contributed by atoms with Gasteiger partial charge in [0, 0.05) is 19.3 Å². The van der Waals surface area contributed by atoms with Gasteiger partial charge in [-0.15, -0.1) is 0 Å². The highest BCUT2D eigenvalue weighted by molar-refractivity contribution is 5.97. The molecule has 1 aromatic heterocycles. The molecule has 1 aliphatic rings. The van der Waals surface area contributed by atoms with Crippen molar-refractivity contribution in [3.63, 3.8) is 0 Å². The summed E-state index contributed by atoms with van der Waals surface area (Å²) in [6.07, 6.45) is 2.71. The van der Waals surface area contributed by atoms with Crippen molar-refractivity contribution in [2.45, 2.75) is 13.3 Å². The summed E-state index contributed by atoms with van der Waals surface area (Å²) in [5.74, 6) is 0.411. The van der Waals surface area contributed by atoms with Crippen LogP contribution in [0.15, 0.2) is 18.3 Å². The molecule has 7 heteroatoms. The molecule has 0 spiro atoms. The lowest BCUT2D eigenvalue weighted by atomic mass is 10.2. The largest absolute Gasteiger partial charge is 0.482 e. The predicted octanol–water partition coefficient (Wildman–Crippen LogP) is 1.64. The van der Waals surface area contributed by atoms with E-state index in [9.17, 15) is 4.79 Å². The van der Waals surface area contributed by atoms with E-state index in [1.54, 1.807) is 16.8 Å². The number of carbonyl (C=O) groups is 1. The summed E-state index contributed by atoms with van der Waals surface area (Å²) in [6.45, 7) is 2.06. The molecule has 1 aliphatic heterocycles. The SMILES string of the molecule is CCc1nn(C)cc1Nc1cc2c(cc1N)OCC(=O)N2. The minimum atomic E-state index is -0.172. The summed E-state index contributed by atoms with van der Waals surface area (Å²) in [5.41, 5.74) is 9.77. The molecule has 1 aromatic carbocycles. The molecule has 1 amide bonds. The van der Waals surface area contributed by atoms with Gasteiger partial charge in [0.2, 0.25) is 0 Å². The lowest BCUT2D eigenvalue weighted by Crippen LogP contribution is -2.25. The Bertz CT molecular complexity index is 708. The lowest BCUT2D eigenvalue weighted by Gasteiger charge is -2.20. The first-order chi connectivity index (χ1) is 10.1. The first-order valence-electron chi connectivity index (χ1n) is 6.72. The Kier molecular flexibility index (Phi) is 3.17.